The zero-order valence-corrected chi connectivity index (χ0v) is 39.6. The second-order valence-electron chi connectivity index (χ2n) is 18.3. The molecule has 0 amide bonds. The summed E-state index contributed by atoms with van der Waals surface area (Å²) in [5.41, 5.74) is -4.49. The molecule has 0 atom stereocenters. The molecule has 0 aliphatic rings. The fourth-order valence-electron chi connectivity index (χ4n) is 10.7. The zero-order valence-electron chi connectivity index (χ0n) is 39.6. The summed E-state index contributed by atoms with van der Waals surface area (Å²) in [6.07, 6.45) is 0. The van der Waals surface area contributed by atoms with Crippen LogP contribution < -0.4 is 153 Å². The first-order chi connectivity index (χ1) is 35.0. The number of furan rings is 1. The minimum atomic E-state index is -0.279. The van der Waals surface area contributed by atoms with E-state index in [1.807, 2.05) is 0 Å². The minimum Gasteiger partial charge on any atom is -0.457 e. The lowest BCUT2D eigenvalue weighted by Gasteiger charge is -2.33. The molecule has 0 aliphatic heterocycles. The van der Waals surface area contributed by atoms with E-state index in [2.05, 4.69) is 0 Å². The van der Waals surface area contributed by atoms with Crippen molar-refractivity contribution in [1.82, 2.24) is 0 Å². The molecule has 1 nitrogen and oxygen atoms in total. The van der Waals surface area contributed by atoms with Crippen LogP contribution in [0.15, 0.2) is 4.42 Å². The van der Waals surface area contributed by atoms with Crippen molar-refractivity contribution in [1.29, 1.82) is 0 Å². The smallest absolute Gasteiger partial charge is 0.128 e. The van der Waals surface area contributed by atoms with E-state index in [0.29, 0.717) is 0 Å². The minimum absolute atomic E-state index is 0.000448. The Kier molecular flexibility index (Phi) is 13.0. The van der Waals surface area contributed by atoms with E-state index in [4.69, 9.17) is 224 Å². The SMILES string of the molecule is [B]c1c([B])c(-c2c3c([B])c([B])c([B])c([B])c3c(-c3c([B])c([B])c([B])c4c([B])c([B])c([B])c([B])c34)c3c([B])c([B])c([B])c([B])c23)c([B])c([B])c1-c1c([B])c([B])c2c(oc3c([B])c4c([B])c([B])c([B])c([B])c4c([B])c32)c1[B]. The Labute approximate surface area is 472 Å². The lowest BCUT2D eigenvalue weighted by molar-refractivity contribution is 0.675. The van der Waals surface area contributed by atoms with Crippen LogP contribution in [0.2, 0.25) is 0 Å². The van der Waals surface area contributed by atoms with Crippen molar-refractivity contribution in [2.24, 2.45) is 0 Å². The van der Waals surface area contributed by atoms with Crippen LogP contribution in [0.4, 0.5) is 0 Å². The third-order valence-corrected chi connectivity index (χ3v) is 14.7. The third-order valence-electron chi connectivity index (χ3n) is 14.7. The maximum absolute atomic E-state index is 7.19. The van der Waals surface area contributed by atoms with Crippen LogP contribution in [0, 0.1) is 0 Å². The Hall–Kier alpha value is -4.36. The molecule has 0 N–H and O–H groups in total. The molecular weight excluding hydrogens is 871 g/mol. The standard InChI is InChI=1S/C46B28O/c47-17-11-13(32(62)44(74)43(73)31(11)61)34(64)45-15(17)16-33(63)28(58)14(35(65)46(16)75-45)12-26(56)24(54)9(25(55)27(12)57)2-6-3(19(49)37(67)39(69)21(6)51)1(4-7(2)22(52)40(70)38(68)20(4)50)5-8-10(29(59)36(66)18(5)48)30(60)42(72)41(71)23(8)53. The Morgan fingerprint density at radius 3 is 0.667 bits per heavy atom. The predicted octanol–water partition coefficient (Wildman–Crippen LogP) is -20.6. The topological polar surface area (TPSA) is 13.1 Å². The third kappa shape index (κ3) is 6.85. The molecule has 0 aliphatic carbocycles. The molecule has 0 fully saturated rings. The van der Waals surface area contributed by atoms with Gasteiger partial charge in [0.25, 0.3) is 0 Å². The molecule has 10 rings (SSSR count). The van der Waals surface area contributed by atoms with Gasteiger partial charge in [-0.2, -0.15) is 0 Å². The quantitative estimate of drug-likeness (QED) is 0.127. The second kappa shape index (κ2) is 18.1. The summed E-state index contributed by atoms with van der Waals surface area (Å²) in [4.78, 5) is 0. The molecule has 1 heterocycles. The highest BCUT2D eigenvalue weighted by Gasteiger charge is 2.31. The maximum Gasteiger partial charge on any atom is 0.128 e. The lowest BCUT2D eigenvalue weighted by Crippen LogP contribution is -2.53. The Balaban J connectivity index is 1.40. The van der Waals surface area contributed by atoms with Crippen molar-refractivity contribution >= 4 is 438 Å². The molecule has 0 saturated heterocycles. The summed E-state index contributed by atoms with van der Waals surface area (Å²) in [5.74, 6) is 0. The summed E-state index contributed by atoms with van der Waals surface area (Å²) in [5, 5.41) is 0.689. The second-order valence-corrected chi connectivity index (χ2v) is 18.3. The molecule has 0 bridgehead atoms. The first kappa shape index (κ1) is 54.0. The van der Waals surface area contributed by atoms with Crippen molar-refractivity contribution in [2.45, 2.75) is 0 Å². The van der Waals surface area contributed by atoms with Crippen LogP contribution in [0.25, 0.3) is 98.4 Å². The fraction of sp³-hybridized carbons (Fsp3) is 0. The Morgan fingerprint density at radius 2 is 0.307 bits per heavy atom. The first-order valence-electron chi connectivity index (χ1n) is 22.0. The van der Waals surface area contributed by atoms with Crippen LogP contribution in [0.5, 0.6) is 0 Å². The monoisotopic (exact) mass is 876 g/mol. The highest BCUT2D eigenvalue weighted by atomic mass is 16.3. The molecule has 0 spiro atoms. The first-order valence-corrected chi connectivity index (χ1v) is 22.0. The molecule has 75 heavy (non-hydrogen) atoms. The average molecular weight is 871 g/mol. The van der Waals surface area contributed by atoms with Gasteiger partial charge in [-0.25, -0.2) is 0 Å². The average Bonchev–Trinajstić information content (AvgIpc) is 3.80. The molecule has 274 valence electrons. The Bertz CT molecular complexity index is 4330. The number of fused-ring (bicyclic) bond motifs is 7. The van der Waals surface area contributed by atoms with E-state index < -0.39 is 0 Å². The van der Waals surface area contributed by atoms with Gasteiger partial charge in [0.15, 0.2) is 0 Å². The molecule has 10 aromatic rings. The van der Waals surface area contributed by atoms with Crippen molar-refractivity contribution in [3.8, 4) is 33.4 Å². The van der Waals surface area contributed by atoms with E-state index >= 15 is 0 Å². The summed E-state index contributed by atoms with van der Waals surface area (Å²) in [6, 6.07) is 0. The highest BCUT2D eigenvalue weighted by Crippen LogP contribution is 2.41. The lowest BCUT2D eigenvalue weighted by atomic mass is 9.55. The number of benzene rings is 9. The predicted molar refractivity (Wildman–Crippen MR) is 351 cm³/mol. The Morgan fingerprint density at radius 1 is 0.120 bits per heavy atom. The number of hydrogen-bond donors (Lipinski definition) is 0. The van der Waals surface area contributed by atoms with Gasteiger partial charge in [0.05, 0.1) is 0 Å². The van der Waals surface area contributed by atoms with Gasteiger partial charge in [-0.05, 0) is 87.4 Å². The molecule has 0 saturated carbocycles. The molecule has 9 aromatic carbocycles. The van der Waals surface area contributed by atoms with E-state index in [-0.39, 0.29) is 251 Å². The van der Waals surface area contributed by atoms with Crippen LogP contribution in [0.1, 0.15) is 0 Å². The van der Waals surface area contributed by atoms with Crippen molar-refractivity contribution in [2.75, 3.05) is 0 Å². The maximum atomic E-state index is 7.19. The zero-order chi connectivity index (χ0) is 55.3. The molecule has 29 heteroatoms. The van der Waals surface area contributed by atoms with Gasteiger partial charge in [0.1, 0.15) is 231 Å². The van der Waals surface area contributed by atoms with Crippen LogP contribution in [0.3, 0.4) is 0 Å². The van der Waals surface area contributed by atoms with E-state index in [0.717, 1.165) is 0 Å². The molecule has 1 aromatic heterocycles. The van der Waals surface area contributed by atoms with Gasteiger partial charge >= 0.3 is 0 Å². The number of rotatable bonds is 3. The molecule has 56 radical (unpaired) electrons. The molecular formula is C46B28O. The van der Waals surface area contributed by atoms with Gasteiger partial charge < -0.3 is 4.42 Å². The van der Waals surface area contributed by atoms with Crippen molar-refractivity contribution < 1.29 is 4.42 Å². The van der Waals surface area contributed by atoms with E-state index in [9.17, 15) is 0 Å². The van der Waals surface area contributed by atoms with E-state index in [1.165, 1.54) is 0 Å². The van der Waals surface area contributed by atoms with Gasteiger partial charge in [0, 0.05) is 10.8 Å². The van der Waals surface area contributed by atoms with Crippen LogP contribution >= 0.6 is 0 Å². The van der Waals surface area contributed by atoms with Gasteiger partial charge in [0.2, 0.25) is 0 Å². The number of hydrogen-bond acceptors (Lipinski definition) is 1. The largest absolute Gasteiger partial charge is 0.457 e. The van der Waals surface area contributed by atoms with Crippen LogP contribution in [-0.4, -0.2) is 220 Å². The summed E-state index contributed by atoms with van der Waals surface area (Å²) < 4.78 is 6.38. The molecule has 0 unspecified atom stereocenters. The highest BCUT2D eigenvalue weighted by molar-refractivity contribution is 6.78. The van der Waals surface area contributed by atoms with Gasteiger partial charge in [-0.15, -0.1) is 49.2 Å². The fourth-order valence-corrected chi connectivity index (χ4v) is 10.7. The van der Waals surface area contributed by atoms with E-state index in [1.54, 1.807) is 0 Å². The van der Waals surface area contributed by atoms with Crippen LogP contribution in [-0.2, 0) is 0 Å². The summed E-state index contributed by atoms with van der Waals surface area (Å²) in [7, 11) is 190. The van der Waals surface area contributed by atoms with Crippen molar-refractivity contribution in [3.05, 3.63) is 0 Å². The summed E-state index contributed by atoms with van der Waals surface area (Å²) >= 11 is 0. The summed E-state index contributed by atoms with van der Waals surface area (Å²) in [6.45, 7) is 0. The normalized spacial score (nSPS) is 11.9. The van der Waals surface area contributed by atoms with Gasteiger partial charge in [-0.1, -0.05) is 92.9 Å². The van der Waals surface area contributed by atoms with Crippen molar-refractivity contribution in [3.63, 3.8) is 0 Å². The van der Waals surface area contributed by atoms with Gasteiger partial charge in [-0.3, -0.25) is 0 Å².